The number of aliphatic carboxylic acids is 2. The Hall–Kier alpha value is -3.55. The van der Waals surface area contributed by atoms with E-state index in [4.69, 9.17) is 10.8 Å². The van der Waals surface area contributed by atoms with Gasteiger partial charge in [0.15, 0.2) is 0 Å². The highest BCUT2D eigenvalue weighted by atomic mass is 16.4. The first-order chi connectivity index (χ1) is 15.5. The normalized spacial score (nSPS) is 15.3. The van der Waals surface area contributed by atoms with Crippen molar-refractivity contribution in [3.05, 3.63) is 35.9 Å². The molecule has 0 aliphatic rings. The lowest BCUT2D eigenvalue weighted by atomic mass is 10.1. The van der Waals surface area contributed by atoms with Crippen LogP contribution in [0.15, 0.2) is 30.3 Å². The first-order valence-corrected chi connectivity index (χ1v) is 9.90. The van der Waals surface area contributed by atoms with Crippen molar-refractivity contribution in [1.29, 1.82) is 0 Å². The molecule has 0 saturated heterocycles. The summed E-state index contributed by atoms with van der Waals surface area (Å²) >= 11 is 0. The van der Waals surface area contributed by atoms with Gasteiger partial charge in [-0.3, -0.25) is 19.2 Å². The molecule has 13 heteroatoms. The Labute approximate surface area is 189 Å². The zero-order chi connectivity index (χ0) is 25.1. The molecule has 5 atom stereocenters. The Balaban J connectivity index is 2.88. The number of amides is 3. The number of benzene rings is 1. The maximum atomic E-state index is 12.5. The zero-order valence-corrected chi connectivity index (χ0v) is 17.8. The van der Waals surface area contributed by atoms with E-state index in [9.17, 15) is 39.3 Å². The van der Waals surface area contributed by atoms with Crippen LogP contribution >= 0.6 is 0 Å². The van der Waals surface area contributed by atoms with Crippen LogP contribution in [-0.4, -0.2) is 87.0 Å². The van der Waals surface area contributed by atoms with Gasteiger partial charge in [-0.25, -0.2) is 4.79 Å². The molecule has 0 saturated carbocycles. The van der Waals surface area contributed by atoms with E-state index >= 15 is 0 Å². The lowest BCUT2D eigenvalue weighted by Gasteiger charge is -2.24. The number of carbonyl (C=O) groups is 5. The maximum Gasteiger partial charge on any atom is 0.326 e. The van der Waals surface area contributed by atoms with Gasteiger partial charge >= 0.3 is 11.9 Å². The topological polar surface area (TPSA) is 228 Å². The monoisotopic (exact) mass is 468 g/mol. The number of carboxylic acids is 2. The Morgan fingerprint density at radius 2 is 1.39 bits per heavy atom. The number of aliphatic hydroxyl groups excluding tert-OH is 2. The summed E-state index contributed by atoms with van der Waals surface area (Å²) in [6.45, 7) is 0.285. The van der Waals surface area contributed by atoms with Gasteiger partial charge in [-0.05, 0) is 12.5 Å². The molecule has 0 radical (unpaired) electrons. The van der Waals surface area contributed by atoms with Crippen molar-refractivity contribution < 1.29 is 44.4 Å². The fourth-order valence-corrected chi connectivity index (χ4v) is 2.66. The number of carbonyl (C=O) groups excluding carboxylic acids is 3. The summed E-state index contributed by atoms with van der Waals surface area (Å²) in [6, 6.07) is 2.30. The Kier molecular flexibility index (Phi) is 10.9. The van der Waals surface area contributed by atoms with Crippen LogP contribution in [0.4, 0.5) is 0 Å². The second-order valence-corrected chi connectivity index (χ2v) is 7.26. The molecule has 3 amide bonds. The third-order valence-electron chi connectivity index (χ3n) is 4.55. The summed E-state index contributed by atoms with van der Waals surface area (Å²) in [4.78, 5) is 59.6. The van der Waals surface area contributed by atoms with Crippen molar-refractivity contribution >= 4 is 29.7 Å². The smallest absolute Gasteiger partial charge is 0.326 e. The SMILES string of the molecule is CC(O)C(N)C(=O)NC(CC(=O)O)C(=O)NC(CO)C(=O)NC(Cc1ccccc1)C(=O)O. The molecule has 1 aromatic rings. The molecule has 0 bridgehead atoms. The molecule has 1 rings (SSSR count). The summed E-state index contributed by atoms with van der Waals surface area (Å²) in [6.07, 6.45) is -2.23. The summed E-state index contributed by atoms with van der Waals surface area (Å²) in [5, 5.41) is 43.6. The molecule has 0 aliphatic carbocycles. The van der Waals surface area contributed by atoms with Crippen LogP contribution in [0.25, 0.3) is 0 Å². The molecule has 13 nitrogen and oxygen atoms in total. The van der Waals surface area contributed by atoms with Gasteiger partial charge in [-0.2, -0.15) is 0 Å². The van der Waals surface area contributed by atoms with Crippen molar-refractivity contribution in [2.75, 3.05) is 6.61 Å². The lowest BCUT2D eigenvalue weighted by Crippen LogP contribution is -2.59. The van der Waals surface area contributed by atoms with Crippen LogP contribution in [0.5, 0.6) is 0 Å². The van der Waals surface area contributed by atoms with E-state index in [1.54, 1.807) is 30.3 Å². The fourth-order valence-electron chi connectivity index (χ4n) is 2.66. The summed E-state index contributed by atoms with van der Waals surface area (Å²) < 4.78 is 0. The number of hydrogen-bond donors (Lipinski definition) is 8. The van der Waals surface area contributed by atoms with Gasteiger partial charge in [-0.15, -0.1) is 0 Å². The minimum atomic E-state index is -1.68. The largest absolute Gasteiger partial charge is 0.481 e. The molecule has 9 N–H and O–H groups in total. The second-order valence-electron chi connectivity index (χ2n) is 7.26. The van der Waals surface area contributed by atoms with Gasteiger partial charge in [0.05, 0.1) is 19.1 Å². The Morgan fingerprint density at radius 1 is 0.879 bits per heavy atom. The average molecular weight is 468 g/mol. The van der Waals surface area contributed by atoms with Crippen LogP contribution in [-0.2, 0) is 30.4 Å². The van der Waals surface area contributed by atoms with Crippen molar-refractivity contribution in [3.63, 3.8) is 0 Å². The molecule has 0 aromatic heterocycles. The first kappa shape index (κ1) is 27.5. The van der Waals surface area contributed by atoms with E-state index < -0.39 is 73.0 Å². The number of rotatable bonds is 13. The van der Waals surface area contributed by atoms with E-state index in [1.807, 2.05) is 0 Å². The molecule has 0 spiro atoms. The Morgan fingerprint density at radius 3 is 1.88 bits per heavy atom. The van der Waals surface area contributed by atoms with Crippen LogP contribution in [0.3, 0.4) is 0 Å². The van der Waals surface area contributed by atoms with E-state index in [1.165, 1.54) is 6.92 Å². The summed E-state index contributed by atoms with van der Waals surface area (Å²) in [5.74, 6) is -5.98. The second kappa shape index (κ2) is 13.1. The molecule has 182 valence electrons. The summed E-state index contributed by atoms with van der Waals surface area (Å²) in [5.41, 5.74) is 6.08. The molecule has 0 aliphatic heterocycles. The van der Waals surface area contributed by atoms with Gasteiger partial charge in [0, 0.05) is 6.42 Å². The third kappa shape index (κ3) is 9.22. The fraction of sp³-hybridized carbons (Fsp3) is 0.450. The highest BCUT2D eigenvalue weighted by molar-refractivity contribution is 5.95. The highest BCUT2D eigenvalue weighted by Gasteiger charge is 2.31. The molecule has 5 unspecified atom stereocenters. The number of nitrogens with one attached hydrogen (secondary N) is 3. The molecule has 1 aromatic carbocycles. The minimum absolute atomic E-state index is 0.0665. The highest BCUT2D eigenvalue weighted by Crippen LogP contribution is 2.04. The van der Waals surface area contributed by atoms with E-state index in [0.29, 0.717) is 5.56 Å². The van der Waals surface area contributed by atoms with Gasteiger partial charge in [0.2, 0.25) is 17.7 Å². The van der Waals surface area contributed by atoms with Crippen molar-refractivity contribution in [2.24, 2.45) is 5.73 Å². The maximum absolute atomic E-state index is 12.5. The van der Waals surface area contributed by atoms with Crippen molar-refractivity contribution in [2.45, 2.75) is 50.0 Å². The molecule has 0 fully saturated rings. The van der Waals surface area contributed by atoms with Gasteiger partial charge in [0.25, 0.3) is 0 Å². The van der Waals surface area contributed by atoms with E-state index in [0.717, 1.165) is 0 Å². The van der Waals surface area contributed by atoms with Crippen LogP contribution in [0.1, 0.15) is 18.9 Å². The third-order valence-corrected chi connectivity index (χ3v) is 4.55. The number of hydrogen-bond acceptors (Lipinski definition) is 8. The Bertz CT molecular complexity index is 847. The van der Waals surface area contributed by atoms with Crippen molar-refractivity contribution in [3.8, 4) is 0 Å². The van der Waals surface area contributed by atoms with Gasteiger partial charge in [0.1, 0.15) is 24.2 Å². The molecular weight excluding hydrogens is 440 g/mol. The zero-order valence-electron chi connectivity index (χ0n) is 17.8. The quantitative estimate of drug-likeness (QED) is 0.146. The summed E-state index contributed by atoms with van der Waals surface area (Å²) in [7, 11) is 0. The molecular formula is C20H28N4O9. The average Bonchev–Trinajstić information content (AvgIpc) is 2.75. The van der Waals surface area contributed by atoms with Crippen molar-refractivity contribution in [1.82, 2.24) is 16.0 Å². The van der Waals surface area contributed by atoms with Gasteiger partial charge < -0.3 is 42.1 Å². The predicted molar refractivity (Wildman–Crippen MR) is 113 cm³/mol. The molecule has 33 heavy (non-hydrogen) atoms. The van der Waals surface area contributed by atoms with E-state index in [-0.39, 0.29) is 6.42 Å². The number of nitrogens with two attached hydrogens (primary N) is 1. The van der Waals surface area contributed by atoms with Crippen LogP contribution < -0.4 is 21.7 Å². The predicted octanol–water partition coefficient (Wildman–Crippen LogP) is -3.06. The standard InChI is InChI=1S/C20H28N4O9/c1-10(26)16(21)19(31)22-12(8-15(27)28)17(29)24-14(9-25)18(30)23-13(20(32)33)7-11-5-3-2-4-6-11/h2-6,10,12-14,16,25-26H,7-9,21H2,1H3,(H,22,31)(H,23,30)(H,24,29)(H,27,28)(H,32,33). The number of carboxylic acid groups (broad SMARTS) is 2. The number of aliphatic hydroxyl groups is 2. The molecule has 0 heterocycles. The minimum Gasteiger partial charge on any atom is -0.481 e. The lowest BCUT2D eigenvalue weighted by molar-refractivity contribution is -0.143. The van der Waals surface area contributed by atoms with Crippen LogP contribution in [0, 0.1) is 0 Å². The van der Waals surface area contributed by atoms with Crippen LogP contribution in [0.2, 0.25) is 0 Å². The van der Waals surface area contributed by atoms with Gasteiger partial charge in [-0.1, -0.05) is 30.3 Å². The van der Waals surface area contributed by atoms with E-state index in [2.05, 4.69) is 16.0 Å². The first-order valence-electron chi connectivity index (χ1n) is 9.90.